The van der Waals surface area contributed by atoms with Gasteiger partial charge in [-0.15, -0.1) is 0 Å². The summed E-state index contributed by atoms with van der Waals surface area (Å²) in [6.45, 7) is 5.01. The lowest BCUT2D eigenvalue weighted by Gasteiger charge is -2.34. The zero-order chi connectivity index (χ0) is 26.5. The molecule has 3 aromatic carbocycles. The first-order valence-electron chi connectivity index (χ1n) is 12.5. The van der Waals surface area contributed by atoms with Gasteiger partial charge in [0, 0.05) is 12.6 Å². The Morgan fingerprint density at radius 3 is 2.35 bits per heavy atom. The summed E-state index contributed by atoms with van der Waals surface area (Å²) in [5, 5.41) is 15.0. The molecule has 8 heteroatoms. The minimum atomic E-state index is -1.18. The SMILES string of the molecule is CC(C)CN(c1ccc(-c2cc(F)ccc2C(=O)O)cc1NC(=O)Nc1ccccc1F)C1CCCC1. The van der Waals surface area contributed by atoms with Crippen molar-refractivity contribution in [3.05, 3.63) is 77.9 Å². The standard InChI is InChI=1S/C29H31F2N3O3/c1-18(2)17-34(21-7-3-4-8-21)27-14-11-19(23-16-20(30)12-13-22(23)28(35)36)15-26(27)33-29(37)32-25-10-6-5-9-24(25)31/h5-6,9-16,18,21H,3-4,7-8,17H2,1-2H3,(H,35,36)(H2,32,33,37). The Labute approximate surface area is 215 Å². The number of para-hydroxylation sites is 1. The van der Waals surface area contributed by atoms with Crippen LogP contribution in [0.25, 0.3) is 11.1 Å². The van der Waals surface area contributed by atoms with Crippen LogP contribution in [0.2, 0.25) is 0 Å². The highest BCUT2D eigenvalue weighted by Gasteiger charge is 2.26. The van der Waals surface area contributed by atoms with Gasteiger partial charge < -0.3 is 20.6 Å². The zero-order valence-electron chi connectivity index (χ0n) is 20.9. The summed E-state index contributed by atoms with van der Waals surface area (Å²) in [7, 11) is 0. The molecule has 194 valence electrons. The molecule has 0 aliphatic heterocycles. The van der Waals surface area contributed by atoms with Crippen LogP contribution < -0.4 is 15.5 Å². The number of amides is 2. The first kappa shape index (κ1) is 26.1. The quantitative estimate of drug-likeness (QED) is 0.297. The number of carboxylic acid groups (broad SMARTS) is 1. The summed E-state index contributed by atoms with van der Waals surface area (Å²) in [6.07, 6.45) is 4.31. The second-order valence-corrected chi connectivity index (χ2v) is 9.77. The number of carboxylic acids is 1. The summed E-state index contributed by atoms with van der Waals surface area (Å²) in [5.74, 6) is -1.96. The molecule has 37 heavy (non-hydrogen) atoms. The summed E-state index contributed by atoms with van der Waals surface area (Å²) >= 11 is 0. The topological polar surface area (TPSA) is 81.7 Å². The van der Waals surface area contributed by atoms with E-state index in [-0.39, 0.29) is 16.8 Å². The van der Waals surface area contributed by atoms with Gasteiger partial charge in [0.25, 0.3) is 0 Å². The van der Waals surface area contributed by atoms with Gasteiger partial charge in [-0.3, -0.25) is 0 Å². The number of carbonyl (C=O) groups excluding carboxylic acids is 1. The fraction of sp³-hybridized carbons (Fsp3) is 0.310. The number of urea groups is 1. The van der Waals surface area contributed by atoms with Crippen LogP contribution in [0.4, 0.5) is 30.6 Å². The Balaban J connectivity index is 1.78. The van der Waals surface area contributed by atoms with E-state index >= 15 is 0 Å². The lowest BCUT2D eigenvalue weighted by atomic mass is 9.97. The average molecular weight is 508 g/mol. The van der Waals surface area contributed by atoms with Crippen molar-refractivity contribution in [2.45, 2.75) is 45.6 Å². The van der Waals surface area contributed by atoms with Crippen LogP contribution in [-0.4, -0.2) is 29.7 Å². The third kappa shape index (κ3) is 6.25. The lowest BCUT2D eigenvalue weighted by molar-refractivity contribution is 0.0697. The van der Waals surface area contributed by atoms with Gasteiger partial charge in [-0.05, 0) is 72.4 Å². The van der Waals surface area contributed by atoms with E-state index in [4.69, 9.17) is 0 Å². The fourth-order valence-electron chi connectivity index (χ4n) is 4.89. The maximum Gasteiger partial charge on any atom is 0.336 e. The maximum atomic E-state index is 14.1. The minimum Gasteiger partial charge on any atom is -0.478 e. The van der Waals surface area contributed by atoms with E-state index in [2.05, 4.69) is 29.4 Å². The molecule has 1 aliphatic rings. The number of halogens is 2. The molecule has 1 saturated carbocycles. The molecule has 0 atom stereocenters. The van der Waals surface area contributed by atoms with Crippen molar-refractivity contribution in [3.8, 4) is 11.1 Å². The number of rotatable bonds is 8. The molecule has 1 aliphatic carbocycles. The van der Waals surface area contributed by atoms with Crippen molar-refractivity contribution in [3.63, 3.8) is 0 Å². The van der Waals surface area contributed by atoms with Crippen LogP contribution in [-0.2, 0) is 0 Å². The van der Waals surface area contributed by atoms with Crippen molar-refractivity contribution >= 4 is 29.1 Å². The van der Waals surface area contributed by atoms with E-state index in [9.17, 15) is 23.5 Å². The summed E-state index contributed by atoms with van der Waals surface area (Å²) in [6, 6.07) is 14.3. The molecule has 0 aromatic heterocycles. The molecule has 2 amide bonds. The van der Waals surface area contributed by atoms with Gasteiger partial charge in [-0.25, -0.2) is 18.4 Å². The second-order valence-electron chi connectivity index (χ2n) is 9.77. The molecule has 3 aromatic rings. The monoisotopic (exact) mass is 507 g/mol. The fourth-order valence-corrected chi connectivity index (χ4v) is 4.89. The third-order valence-electron chi connectivity index (χ3n) is 6.53. The van der Waals surface area contributed by atoms with Crippen molar-refractivity contribution < 1.29 is 23.5 Å². The lowest BCUT2D eigenvalue weighted by Crippen LogP contribution is -2.37. The van der Waals surface area contributed by atoms with Crippen LogP contribution in [0.5, 0.6) is 0 Å². The van der Waals surface area contributed by atoms with E-state index in [1.165, 1.54) is 30.3 Å². The molecule has 4 rings (SSSR count). The number of anilines is 3. The van der Waals surface area contributed by atoms with Gasteiger partial charge >= 0.3 is 12.0 Å². The number of nitrogens with zero attached hydrogens (tertiary/aromatic N) is 1. The molecular formula is C29H31F2N3O3. The molecular weight excluding hydrogens is 476 g/mol. The molecule has 6 nitrogen and oxygen atoms in total. The van der Waals surface area contributed by atoms with Crippen molar-refractivity contribution in [2.75, 3.05) is 22.1 Å². The van der Waals surface area contributed by atoms with Gasteiger partial charge in [0.1, 0.15) is 11.6 Å². The minimum absolute atomic E-state index is 0.0332. The highest BCUT2D eigenvalue weighted by molar-refractivity contribution is 6.03. The van der Waals surface area contributed by atoms with E-state index in [0.717, 1.165) is 44.0 Å². The maximum absolute atomic E-state index is 14.1. The summed E-state index contributed by atoms with van der Waals surface area (Å²) in [4.78, 5) is 27.1. The molecule has 0 bridgehead atoms. The zero-order valence-corrected chi connectivity index (χ0v) is 20.9. The summed E-state index contributed by atoms with van der Waals surface area (Å²) in [5.41, 5.74) is 1.84. The Kier molecular flexibility index (Phi) is 8.06. The summed E-state index contributed by atoms with van der Waals surface area (Å²) < 4.78 is 28.3. The van der Waals surface area contributed by atoms with E-state index < -0.39 is 23.6 Å². The smallest absolute Gasteiger partial charge is 0.336 e. The normalized spacial score (nSPS) is 13.5. The van der Waals surface area contributed by atoms with E-state index in [1.54, 1.807) is 18.2 Å². The largest absolute Gasteiger partial charge is 0.478 e. The van der Waals surface area contributed by atoms with Gasteiger partial charge in [-0.1, -0.05) is 44.9 Å². The van der Waals surface area contributed by atoms with Crippen LogP contribution in [0.3, 0.4) is 0 Å². The Morgan fingerprint density at radius 1 is 0.973 bits per heavy atom. The number of hydrogen-bond acceptors (Lipinski definition) is 3. The highest BCUT2D eigenvalue weighted by Crippen LogP contribution is 2.37. The van der Waals surface area contributed by atoms with Crippen molar-refractivity contribution in [2.24, 2.45) is 5.92 Å². The van der Waals surface area contributed by atoms with Crippen LogP contribution >= 0.6 is 0 Å². The van der Waals surface area contributed by atoms with Crippen molar-refractivity contribution in [1.82, 2.24) is 0 Å². The number of carbonyl (C=O) groups is 2. The van der Waals surface area contributed by atoms with Crippen molar-refractivity contribution in [1.29, 1.82) is 0 Å². The molecule has 0 spiro atoms. The second kappa shape index (κ2) is 11.4. The molecule has 0 heterocycles. The molecule has 0 radical (unpaired) electrons. The molecule has 1 fully saturated rings. The predicted octanol–water partition coefficient (Wildman–Crippen LogP) is 7.38. The van der Waals surface area contributed by atoms with E-state index in [1.807, 2.05) is 6.07 Å². The number of hydrogen-bond donors (Lipinski definition) is 3. The molecule has 3 N–H and O–H groups in total. The van der Waals surface area contributed by atoms with Gasteiger partial charge in [0.2, 0.25) is 0 Å². The Bertz CT molecular complexity index is 1290. The Hall–Kier alpha value is -3.94. The first-order chi connectivity index (χ1) is 17.7. The number of nitrogens with one attached hydrogen (secondary N) is 2. The molecule has 0 unspecified atom stereocenters. The first-order valence-corrected chi connectivity index (χ1v) is 12.5. The number of benzene rings is 3. The average Bonchev–Trinajstić information content (AvgIpc) is 3.38. The highest BCUT2D eigenvalue weighted by atomic mass is 19.1. The van der Waals surface area contributed by atoms with Gasteiger partial charge in [-0.2, -0.15) is 0 Å². The predicted molar refractivity (Wildman–Crippen MR) is 142 cm³/mol. The number of aromatic carboxylic acids is 1. The molecule has 0 saturated heterocycles. The van der Waals surface area contributed by atoms with E-state index in [0.29, 0.717) is 23.2 Å². The van der Waals surface area contributed by atoms with Crippen LogP contribution in [0.15, 0.2) is 60.7 Å². The Morgan fingerprint density at radius 2 is 1.68 bits per heavy atom. The van der Waals surface area contributed by atoms with Gasteiger partial charge in [0.05, 0.1) is 22.6 Å². The third-order valence-corrected chi connectivity index (χ3v) is 6.53. The van der Waals surface area contributed by atoms with Crippen LogP contribution in [0, 0.1) is 17.6 Å². The van der Waals surface area contributed by atoms with Crippen LogP contribution in [0.1, 0.15) is 49.9 Å². The van der Waals surface area contributed by atoms with Gasteiger partial charge in [0.15, 0.2) is 0 Å².